The van der Waals surface area contributed by atoms with Gasteiger partial charge in [-0.2, -0.15) is 0 Å². The predicted molar refractivity (Wildman–Crippen MR) is 130 cm³/mol. The van der Waals surface area contributed by atoms with E-state index in [1.54, 1.807) is 12.1 Å². The quantitative estimate of drug-likeness (QED) is 0.344. The Morgan fingerprint density at radius 3 is 2.62 bits per heavy atom. The van der Waals surface area contributed by atoms with Gasteiger partial charge in [0.25, 0.3) is 0 Å². The molecule has 6 heteroatoms. The van der Waals surface area contributed by atoms with Gasteiger partial charge in [0.15, 0.2) is 5.78 Å². The number of imidazole rings is 1. The van der Waals surface area contributed by atoms with Crippen molar-refractivity contribution in [2.24, 2.45) is 0 Å². The number of nitrogens with one attached hydrogen (secondary N) is 2. The van der Waals surface area contributed by atoms with Crippen LogP contribution in [0.1, 0.15) is 35.9 Å². The molecule has 2 aliphatic rings. The van der Waals surface area contributed by atoms with Crippen LogP contribution in [-0.4, -0.2) is 20.3 Å². The van der Waals surface area contributed by atoms with Crippen molar-refractivity contribution in [3.8, 4) is 0 Å². The first-order valence-electron chi connectivity index (χ1n) is 11.5. The molecule has 0 spiro atoms. The molecule has 5 nitrogen and oxygen atoms in total. The summed E-state index contributed by atoms with van der Waals surface area (Å²) < 4.78 is 15.7. The van der Waals surface area contributed by atoms with Crippen LogP contribution in [-0.2, 0) is 4.79 Å². The Balaban J connectivity index is 1.44. The molecule has 0 unspecified atom stereocenters. The maximum absolute atomic E-state index is 13.8. The van der Waals surface area contributed by atoms with E-state index in [4.69, 9.17) is 4.98 Å². The SMILES string of the molecule is O=C1C[C@H](c2ccc(F)cc2)CC2=C1[C@@H](c1c[nH]c3ccccc13)n1c(nc3ccccc31)N2. The highest BCUT2D eigenvalue weighted by Gasteiger charge is 2.40. The highest BCUT2D eigenvalue weighted by molar-refractivity contribution is 6.02. The standard InChI is InChI=1S/C28H21FN4O/c29-18-11-9-16(10-12-18)17-13-23-26(25(34)14-17)27(20-15-30-21-6-2-1-5-19(20)21)33-24-8-4-3-7-22(24)31-28(33)32-23/h1-12,15,17,27,30H,13-14H2,(H,31,32)/t17-,27-/m1/s1. The summed E-state index contributed by atoms with van der Waals surface area (Å²) in [5, 5.41) is 4.59. The highest BCUT2D eigenvalue weighted by Crippen LogP contribution is 2.47. The molecule has 0 bridgehead atoms. The van der Waals surface area contributed by atoms with Gasteiger partial charge >= 0.3 is 0 Å². The summed E-state index contributed by atoms with van der Waals surface area (Å²) in [7, 11) is 0. The largest absolute Gasteiger partial charge is 0.361 e. The number of para-hydroxylation sites is 3. The number of carbonyl (C=O) groups excluding carboxylic acids is 1. The predicted octanol–water partition coefficient (Wildman–Crippen LogP) is 6.07. The van der Waals surface area contributed by atoms with E-state index < -0.39 is 0 Å². The fourth-order valence-electron chi connectivity index (χ4n) is 5.61. The van der Waals surface area contributed by atoms with Crippen LogP contribution in [0.4, 0.5) is 10.3 Å². The summed E-state index contributed by atoms with van der Waals surface area (Å²) in [6.45, 7) is 0. The van der Waals surface area contributed by atoms with E-state index in [9.17, 15) is 9.18 Å². The monoisotopic (exact) mass is 448 g/mol. The topological polar surface area (TPSA) is 62.7 Å². The number of Topliss-reactive ketones (excluding diaryl/α,β-unsaturated/α-hetero) is 1. The average molecular weight is 449 g/mol. The first kappa shape index (κ1) is 19.3. The van der Waals surface area contributed by atoms with E-state index in [2.05, 4.69) is 33.1 Å². The number of H-pyrrole nitrogens is 1. The molecule has 2 N–H and O–H groups in total. The molecule has 0 saturated carbocycles. The zero-order valence-corrected chi connectivity index (χ0v) is 18.3. The maximum Gasteiger partial charge on any atom is 0.209 e. The molecule has 2 atom stereocenters. The van der Waals surface area contributed by atoms with Gasteiger partial charge in [0.2, 0.25) is 5.95 Å². The molecule has 166 valence electrons. The van der Waals surface area contributed by atoms with Crippen molar-refractivity contribution in [2.75, 3.05) is 5.32 Å². The lowest BCUT2D eigenvalue weighted by molar-refractivity contribution is -0.116. The Bertz CT molecular complexity index is 1630. The van der Waals surface area contributed by atoms with Crippen LogP contribution in [0.5, 0.6) is 0 Å². The van der Waals surface area contributed by atoms with Crippen LogP contribution in [0.2, 0.25) is 0 Å². The third-order valence-corrected chi connectivity index (χ3v) is 7.16. The maximum atomic E-state index is 13.8. The van der Waals surface area contributed by atoms with E-state index in [1.165, 1.54) is 12.1 Å². The van der Waals surface area contributed by atoms with E-state index in [-0.39, 0.29) is 23.6 Å². The summed E-state index contributed by atoms with van der Waals surface area (Å²) in [4.78, 5) is 22.0. The number of ketones is 1. The van der Waals surface area contributed by atoms with Gasteiger partial charge in [0.1, 0.15) is 5.82 Å². The number of allylic oxidation sites excluding steroid dienone is 2. The average Bonchev–Trinajstić information content (AvgIpc) is 3.44. The van der Waals surface area contributed by atoms with E-state index >= 15 is 0 Å². The number of nitrogens with zero attached hydrogens (tertiary/aromatic N) is 2. The van der Waals surface area contributed by atoms with Crippen molar-refractivity contribution in [2.45, 2.75) is 24.8 Å². The lowest BCUT2D eigenvalue weighted by atomic mass is 9.77. The van der Waals surface area contributed by atoms with Gasteiger partial charge in [-0.15, -0.1) is 0 Å². The van der Waals surface area contributed by atoms with E-state index in [0.717, 1.165) is 50.3 Å². The lowest BCUT2D eigenvalue weighted by Crippen LogP contribution is -2.33. The van der Waals surface area contributed by atoms with Crippen LogP contribution in [0.25, 0.3) is 21.9 Å². The molecule has 2 aromatic heterocycles. The van der Waals surface area contributed by atoms with Crippen LogP contribution >= 0.6 is 0 Å². The molecule has 0 amide bonds. The summed E-state index contributed by atoms with van der Waals surface area (Å²) >= 11 is 0. The number of aromatic nitrogens is 3. The van der Waals surface area contributed by atoms with Crippen molar-refractivity contribution < 1.29 is 9.18 Å². The molecule has 34 heavy (non-hydrogen) atoms. The number of benzene rings is 3. The fraction of sp³-hybridized carbons (Fsp3) is 0.143. The number of hydrogen-bond donors (Lipinski definition) is 2. The number of anilines is 1. The van der Waals surface area contributed by atoms with E-state index in [0.29, 0.717) is 12.8 Å². The van der Waals surface area contributed by atoms with Gasteiger partial charge in [0.05, 0.1) is 17.1 Å². The van der Waals surface area contributed by atoms with Crippen molar-refractivity contribution in [1.82, 2.24) is 14.5 Å². The van der Waals surface area contributed by atoms with Crippen LogP contribution in [0.3, 0.4) is 0 Å². The molecule has 3 aromatic carbocycles. The zero-order valence-electron chi connectivity index (χ0n) is 18.3. The Hall–Kier alpha value is -4.19. The normalized spacial score (nSPS) is 19.9. The van der Waals surface area contributed by atoms with E-state index in [1.807, 2.05) is 36.5 Å². The van der Waals surface area contributed by atoms with Crippen molar-refractivity contribution in [3.05, 3.63) is 107 Å². The second kappa shape index (κ2) is 7.15. The number of hydrogen-bond acceptors (Lipinski definition) is 3. The number of fused-ring (bicyclic) bond motifs is 4. The molecule has 0 radical (unpaired) electrons. The van der Waals surface area contributed by atoms with Crippen LogP contribution < -0.4 is 5.32 Å². The minimum atomic E-state index is -0.281. The summed E-state index contributed by atoms with van der Waals surface area (Å²) in [6.07, 6.45) is 3.09. The summed E-state index contributed by atoms with van der Waals surface area (Å²) in [5.74, 6) is 0.582. The van der Waals surface area contributed by atoms with Gasteiger partial charge in [-0.05, 0) is 48.2 Å². The molecular weight excluding hydrogens is 427 g/mol. The Labute approximate surface area is 194 Å². The fourth-order valence-corrected chi connectivity index (χ4v) is 5.61. The van der Waals surface area contributed by atoms with Crippen LogP contribution in [0.15, 0.2) is 90.3 Å². The minimum absolute atomic E-state index is 0.00102. The summed E-state index contributed by atoms with van der Waals surface area (Å²) in [6, 6.07) is 22.4. The molecule has 5 aromatic rings. The minimum Gasteiger partial charge on any atom is -0.361 e. The zero-order chi connectivity index (χ0) is 22.8. The Morgan fingerprint density at radius 1 is 0.941 bits per heavy atom. The molecule has 3 heterocycles. The third kappa shape index (κ3) is 2.78. The van der Waals surface area contributed by atoms with Gasteiger partial charge in [-0.1, -0.05) is 42.5 Å². The second-order valence-corrected chi connectivity index (χ2v) is 9.08. The number of carbonyl (C=O) groups is 1. The van der Waals surface area contributed by atoms with Crippen LogP contribution in [0, 0.1) is 5.82 Å². The molecule has 0 saturated heterocycles. The van der Waals surface area contributed by atoms with Gasteiger partial charge in [-0.3, -0.25) is 9.36 Å². The number of aromatic amines is 1. The summed E-state index contributed by atoms with van der Waals surface area (Å²) in [5.41, 5.74) is 6.64. The van der Waals surface area contributed by atoms with Crippen molar-refractivity contribution in [1.29, 1.82) is 0 Å². The van der Waals surface area contributed by atoms with Gasteiger partial charge in [-0.25, -0.2) is 9.37 Å². The molecular formula is C28H21FN4O. The number of halogens is 1. The Morgan fingerprint density at radius 2 is 1.74 bits per heavy atom. The third-order valence-electron chi connectivity index (χ3n) is 7.16. The first-order valence-corrected chi connectivity index (χ1v) is 11.5. The molecule has 1 aliphatic heterocycles. The smallest absolute Gasteiger partial charge is 0.209 e. The number of rotatable bonds is 2. The second-order valence-electron chi connectivity index (χ2n) is 9.08. The Kier molecular flexibility index (Phi) is 4.06. The first-order chi connectivity index (χ1) is 16.7. The molecule has 0 fully saturated rings. The lowest BCUT2D eigenvalue weighted by Gasteiger charge is -2.36. The van der Waals surface area contributed by atoms with Crippen molar-refractivity contribution in [3.63, 3.8) is 0 Å². The molecule has 7 rings (SSSR count). The van der Waals surface area contributed by atoms with Gasteiger partial charge in [0, 0.05) is 40.4 Å². The van der Waals surface area contributed by atoms with Gasteiger partial charge < -0.3 is 10.3 Å². The highest BCUT2D eigenvalue weighted by atomic mass is 19.1. The van der Waals surface area contributed by atoms with Crippen molar-refractivity contribution >= 4 is 33.7 Å². The molecule has 1 aliphatic carbocycles.